The van der Waals surface area contributed by atoms with E-state index in [2.05, 4.69) is 0 Å². The normalized spacial score (nSPS) is 20.9. The molecule has 0 N–H and O–H groups in total. The van der Waals surface area contributed by atoms with Crippen LogP contribution in [0.1, 0.15) is 35.7 Å². The molecule has 0 saturated heterocycles. The molecule has 3 aromatic rings. The van der Waals surface area contributed by atoms with Crippen molar-refractivity contribution in [1.29, 1.82) is 0 Å². The number of hydrogen-bond donors (Lipinski definition) is 0. The third-order valence-electron chi connectivity index (χ3n) is 6.59. The summed E-state index contributed by atoms with van der Waals surface area (Å²) in [7, 11) is -3.79. The second kappa shape index (κ2) is 9.39. The molecule has 3 atom stereocenters. The largest absolute Gasteiger partial charge is 0.296 e. The fourth-order valence-electron chi connectivity index (χ4n) is 4.47. The molecule has 3 aromatic carbocycles. The van der Waals surface area contributed by atoms with E-state index in [0.717, 1.165) is 29.5 Å². The van der Waals surface area contributed by atoms with Gasteiger partial charge in [0.05, 0.1) is 11.5 Å². The first-order valence-corrected chi connectivity index (χ1v) is 12.4. The number of ketones is 1. The lowest BCUT2D eigenvalue weighted by molar-refractivity contribution is 0.0879. The first kappa shape index (κ1) is 22.4. The Morgan fingerprint density at radius 1 is 0.875 bits per heavy atom. The molecule has 0 unspecified atom stereocenters. The average molecular weight is 449 g/mol. The predicted molar refractivity (Wildman–Crippen MR) is 126 cm³/mol. The molecular formula is C27H28O4S. The molecule has 1 saturated carbocycles. The van der Waals surface area contributed by atoms with E-state index in [0.29, 0.717) is 5.56 Å². The summed E-state index contributed by atoms with van der Waals surface area (Å²) in [5, 5.41) is 0. The maximum atomic E-state index is 13.1. The second-order valence-electron chi connectivity index (χ2n) is 8.66. The van der Waals surface area contributed by atoms with Gasteiger partial charge in [-0.1, -0.05) is 79.2 Å². The van der Waals surface area contributed by atoms with Crippen LogP contribution in [0.2, 0.25) is 0 Å². The molecule has 0 radical (unpaired) electrons. The summed E-state index contributed by atoms with van der Waals surface area (Å²) in [4.78, 5) is 13.3. The highest BCUT2D eigenvalue weighted by atomic mass is 32.2. The molecular weight excluding hydrogens is 420 g/mol. The van der Waals surface area contributed by atoms with Crippen LogP contribution in [0, 0.1) is 24.7 Å². The lowest BCUT2D eigenvalue weighted by Crippen LogP contribution is -2.23. The zero-order valence-corrected chi connectivity index (χ0v) is 19.2. The van der Waals surface area contributed by atoms with E-state index < -0.39 is 10.1 Å². The Morgan fingerprint density at radius 3 is 2.16 bits per heavy atom. The molecule has 4 rings (SSSR count). The molecule has 1 aliphatic rings. The van der Waals surface area contributed by atoms with E-state index >= 15 is 0 Å². The Labute approximate surface area is 190 Å². The van der Waals surface area contributed by atoms with Crippen LogP contribution in [0.25, 0.3) is 11.1 Å². The van der Waals surface area contributed by atoms with Crippen molar-refractivity contribution in [1.82, 2.24) is 0 Å². The second-order valence-corrected chi connectivity index (χ2v) is 10.3. The zero-order chi connectivity index (χ0) is 22.7. The van der Waals surface area contributed by atoms with Gasteiger partial charge in [-0.2, -0.15) is 8.42 Å². The van der Waals surface area contributed by atoms with Crippen molar-refractivity contribution in [3.63, 3.8) is 0 Å². The predicted octanol–water partition coefficient (Wildman–Crippen LogP) is 5.91. The van der Waals surface area contributed by atoms with Gasteiger partial charge in [-0.05, 0) is 54.9 Å². The van der Waals surface area contributed by atoms with E-state index in [9.17, 15) is 13.2 Å². The number of Topliss-reactive ketones (excluding diaryl/α,β-unsaturated/α-hetero) is 1. The van der Waals surface area contributed by atoms with Gasteiger partial charge in [0.25, 0.3) is 10.1 Å². The Bertz CT molecular complexity index is 1170. The third-order valence-corrected chi connectivity index (χ3v) is 7.88. The van der Waals surface area contributed by atoms with Crippen LogP contribution in [0.3, 0.4) is 0 Å². The maximum Gasteiger partial charge on any atom is 0.296 e. The average Bonchev–Trinajstić information content (AvgIpc) is 3.18. The van der Waals surface area contributed by atoms with Crippen molar-refractivity contribution < 1.29 is 17.4 Å². The lowest BCUT2D eigenvalue weighted by Gasteiger charge is -2.20. The lowest BCUT2D eigenvalue weighted by atomic mass is 9.86. The fourth-order valence-corrected chi connectivity index (χ4v) is 5.43. The minimum Gasteiger partial charge on any atom is -0.294 e. The highest BCUT2D eigenvalue weighted by Crippen LogP contribution is 2.39. The van der Waals surface area contributed by atoms with Gasteiger partial charge in [-0.15, -0.1) is 0 Å². The molecule has 0 heterocycles. The van der Waals surface area contributed by atoms with E-state index in [-0.39, 0.29) is 35.0 Å². The first-order chi connectivity index (χ1) is 15.3. The summed E-state index contributed by atoms with van der Waals surface area (Å²) in [6.45, 7) is 4.04. The highest BCUT2D eigenvalue weighted by Gasteiger charge is 2.38. The number of aryl methyl sites for hydroxylation is 1. The van der Waals surface area contributed by atoms with E-state index in [1.165, 1.54) is 0 Å². The molecule has 0 spiro atoms. The SMILES string of the molecule is Cc1ccc(S(=O)(=O)OC[C@@H]2CC[C@H](C(=O)c3ccc(-c4ccccc4)cc3)[C@H]2C)cc1. The van der Waals surface area contributed by atoms with Crippen molar-refractivity contribution in [2.24, 2.45) is 17.8 Å². The molecule has 4 nitrogen and oxygen atoms in total. The highest BCUT2D eigenvalue weighted by molar-refractivity contribution is 7.86. The minimum absolute atomic E-state index is 0.0350. The zero-order valence-electron chi connectivity index (χ0n) is 18.4. The molecule has 32 heavy (non-hydrogen) atoms. The quantitative estimate of drug-likeness (QED) is 0.333. The fraction of sp³-hybridized carbons (Fsp3) is 0.296. The standard InChI is InChI=1S/C27H28O4S/c1-19-8-15-25(16-9-19)32(29,30)31-18-24-14-17-26(20(24)2)27(28)23-12-10-22(11-13-23)21-6-4-3-5-7-21/h3-13,15-16,20,24,26H,14,17-18H2,1-2H3/t20-,24-,26-/m0/s1. The van der Waals surface area contributed by atoms with Crippen LogP contribution in [0.4, 0.5) is 0 Å². The molecule has 1 fully saturated rings. The van der Waals surface area contributed by atoms with Crippen LogP contribution in [-0.4, -0.2) is 20.8 Å². The van der Waals surface area contributed by atoms with Crippen molar-refractivity contribution in [2.75, 3.05) is 6.61 Å². The molecule has 0 bridgehead atoms. The number of hydrogen-bond acceptors (Lipinski definition) is 4. The van der Waals surface area contributed by atoms with Crippen molar-refractivity contribution in [3.8, 4) is 11.1 Å². The van der Waals surface area contributed by atoms with Gasteiger partial charge in [-0.25, -0.2) is 0 Å². The number of benzene rings is 3. The Kier molecular flexibility index (Phi) is 6.58. The number of carbonyl (C=O) groups is 1. The van der Waals surface area contributed by atoms with Gasteiger partial charge in [0.1, 0.15) is 0 Å². The van der Waals surface area contributed by atoms with Gasteiger partial charge in [0.15, 0.2) is 5.78 Å². The summed E-state index contributed by atoms with van der Waals surface area (Å²) in [5.41, 5.74) is 3.89. The number of rotatable bonds is 7. The Morgan fingerprint density at radius 2 is 1.50 bits per heavy atom. The summed E-state index contributed by atoms with van der Waals surface area (Å²) in [6.07, 6.45) is 1.53. The number of carbonyl (C=O) groups excluding carboxylic acids is 1. The van der Waals surface area contributed by atoms with E-state index in [1.54, 1.807) is 24.3 Å². The van der Waals surface area contributed by atoms with Gasteiger partial charge < -0.3 is 0 Å². The van der Waals surface area contributed by atoms with Crippen LogP contribution in [-0.2, 0) is 14.3 Å². The Hall–Kier alpha value is -2.76. The molecule has 166 valence electrons. The first-order valence-electron chi connectivity index (χ1n) is 11.0. The van der Waals surface area contributed by atoms with Crippen molar-refractivity contribution in [3.05, 3.63) is 90.0 Å². The minimum atomic E-state index is -3.79. The van der Waals surface area contributed by atoms with Crippen LogP contribution >= 0.6 is 0 Å². The van der Waals surface area contributed by atoms with E-state index in [1.807, 2.05) is 68.4 Å². The molecule has 0 aliphatic heterocycles. The topological polar surface area (TPSA) is 60.4 Å². The van der Waals surface area contributed by atoms with Gasteiger partial charge in [-0.3, -0.25) is 8.98 Å². The Balaban J connectivity index is 1.39. The molecule has 1 aliphatic carbocycles. The third kappa shape index (κ3) is 4.84. The van der Waals surface area contributed by atoms with Crippen LogP contribution in [0.15, 0.2) is 83.8 Å². The van der Waals surface area contributed by atoms with Gasteiger partial charge in [0.2, 0.25) is 0 Å². The van der Waals surface area contributed by atoms with E-state index in [4.69, 9.17) is 4.18 Å². The summed E-state index contributed by atoms with van der Waals surface area (Å²) in [5.74, 6) is 0.103. The van der Waals surface area contributed by atoms with Crippen molar-refractivity contribution in [2.45, 2.75) is 31.6 Å². The monoisotopic (exact) mass is 448 g/mol. The van der Waals surface area contributed by atoms with Crippen LogP contribution in [0.5, 0.6) is 0 Å². The summed E-state index contributed by atoms with van der Waals surface area (Å²) in [6, 6.07) is 24.5. The molecule has 0 amide bonds. The maximum absolute atomic E-state index is 13.1. The van der Waals surface area contributed by atoms with Crippen molar-refractivity contribution >= 4 is 15.9 Å². The molecule has 5 heteroatoms. The van der Waals surface area contributed by atoms with Crippen LogP contribution < -0.4 is 0 Å². The van der Waals surface area contributed by atoms with Gasteiger partial charge in [0, 0.05) is 11.5 Å². The smallest absolute Gasteiger partial charge is 0.294 e. The summed E-state index contributed by atoms with van der Waals surface area (Å²) >= 11 is 0. The summed E-state index contributed by atoms with van der Waals surface area (Å²) < 4.78 is 30.4. The van der Waals surface area contributed by atoms with Gasteiger partial charge >= 0.3 is 0 Å². The molecule has 0 aromatic heterocycles.